The minimum atomic E-state index is -0.340. The van der Waals surface area contributed by atoms with Gasteiger partial charge in [-0.25, -0.2) is 9.79 Å². The van der Waals surface area contributed by atoms with Gasteiger partial charge in [0, 0.05) is 24.4 Å². The Balaban J connectivity index is 1.57. The number of amidine groups is 1. The van der Waals surface area contributed by atoms with E-state index in [1.807, 2.05) is 75.4 Å². The van der Waals surface area contributed by atoms with Crippen molar-refractivity contribution in [3.63, 3.8) is 0 Å². The summed E-state index contributed by atoms with van der Waals surface area (Å²) in [4.78, 5) is 32.6. The van der Waals surface area contributed by atoms with Crippen LogP contribution in [0.3, 0.4) is 0 Å². The van der Waals surface area contributed by atoms with Crippen LogP contribution in [0.25, 0.3) is 0 Å². The quantitative estimate of drug-likeness (QED) is 0.546. The molecule has 0 aromatic heterocycles. The van der Waals surface area contributed by atoms with Gasteiger partial charge in [-0.15, -0.1) is 0 Å². The van der Waals surface area contributed by atoms with E-state index in [2.05, 4.69) is 10.2 Å². The number of benzene rings is 2. The van der Waals surface area contributed by atoms with Gasteiger partial charge in [0.15, 0.2) is 5.17 Å². The highest BCUT2D eigenvalue weighted by molar-refractivity contribution is 8.13. The number of aliphatic imine (C=N–C) groups is 1. The Morgan fingerprint density at radius 2 is 1.97 bits per heavy atom. The third-order valence-corrected chi connectivity index (χ3v) is 6.87. The Morgan fingerprint density at radius 1 is 1.18 bits per heavy atom. The minimum absolute atomic E-state index is 0.0356. The maximum Gasteiger partial charge on any atom is 0.338 e. The standard InChI is InChI=1S/C27H31N3O3S/c1-18(2)33-26(32)24-19(3)28-27-30(15-8-16-34-27)25(24)21-11-7-12-22(17-21)29-23(31)14-13-20-9-5-4-6-10-20/h4-7,9-12,17-18,25H,8,13-16H2,1-3H3,(H,29,31)/t25-/m0/s1. The molecule has 0 bridgehead atoms. The fourth-order valence-electron chi connectivity index (χ4n) is 4.27. The van der Waals surface area contributed by atoms with E-state index in [1.165, 1.54) is 0 Å². The van der Waals surface area contributed by atoms with E-state index in [0.29, 0.717) is 24.1 Å². The fraction of sp³-hybridized carbons (Fsp3) is 0.370. The first-order chi connectivity index (χ1) is 16.4. The van der Waals surface area contributed by atoms with Crippen molar-refractivity contribution >= 4 is 34.5 Å². The molecule has 2 aliphatic rings. The number of hydrogen-bond donors (Lipinski definition) is 1. The molecular weight excluding hydrogens is 446 g/mol. The summed E-state index contributed by atoms with van der Waals surface area (Å²) in [7, 11) is 0. The van der Waals surface area contributed by atoms with Crippen LogP contribution >= 0.6 is 11.8 Å². The first kappa shape index (κ1) is 24.1. The van der Waals surface area contributed by atoms with Crippen LogP contribution in [0.2, 0.25) is 0 Å². The van der Waals surface area contributed by atoms with E-state index >= 15 is 0 Å². The number of carbonyl (C=O) groups excluding carboxylic acids is 2. The molecule has 0 unspecified atom stereocenters. The smallest absolute Gasteiger partial charge is 0.338 e. The van der Waals surface area contributed by atoms with Crippen LogP contribution in [0.4, 0.5) is 5.69 Å². The first-order valence-electron chi connectivity index (χ1n) is 11.8. The van der Waals surface area contributed by atoms with Crippen LogP contribution in [-0.2, 0) is 20.7 Å². The molecule has 4 rings (SSSR count). The van der Waals surface area contributed by atoms with E-state index in [1.54, 1.807) is 11.8 Å². The van der Waals surface area contributed by atoms with Gasteiger partial charge in [0.1, 0.15) is 0 Å². The molecular formula is C27H31N3O3S. The molecule has 0 radical (unpaired) electrons. The number of esters is 1. The second-order valence-electron chi connectivity index (χ2n) is 8.80. The summed E-state index contributed by atoms with van der Waals surface area (Å²) in [6, 6.07) is 17.5. The Labute approximate surface area is 205 Å². The van der Waals surface area contributed by atoms with Crippen LogP contribution < -0.4 is 5.32 Å². The van der Waals surface area contributed by atoms with Crippen LogP contribution in [0, 0.1) is 0 Å². The Bertz CT molecular complexity index is 1110. The van der Waals surface area contributed by atoms with Crippen molar-refractivity contribution < 1.29 is 14.3 Å². The van der Waals surface area contributed by atoms with Gasteiger partial charge in [-0.3, -0.25) is 4.79 Å². The molecule has 2 aromatic rings. The highest BCUT2D eigenvalue weighted by Crippen LogP contribution is 2.40. The lowest BCUT2D eigenvalue weighted by Gasteiger charge is -2.40. The number of nitrogens with one attached hydrogen (secondary N) is 1. The molecule has 34 heavy (non-hydrogen) atoms. The molecule has 6 nitrogen and oxygen atoms in total. The number of amides is 1. The average molecular weight is 478 g/mol. The number of thioether (sulfide) groups is 1. The fourth-order valence-corrected chi connectivity index (χ4v) is 5.29. The largest absolute Gasteiger partial charge is 0.459 e. The van der Waals surface area contributed by atoms with Gasteiger partial charge in [0.2, 0.25) is 5.91 Å². The topological polar surface area (TPSA) is 71.0 Å². The summed E-state index contributed by atoms with van der Waals surface area (Å²) in [5.41, 5.74) is 4.04. The van der Waals surface area contributed by atoms with Crippen LogP contribution in [0.15, 0.2) is 70.9 Å². The highest BCUT2D eigenvalue weighted by Gasteiger charge is 2.38. The number of hydrogen-bond acceptors (Lipinski definition) is 6. The van der Waals surface area contributed by atoms with Crippen molar-refractivity contribution in [2.75, 3.05) is 17.6 Å². The lowest BCUT2D eigenvalue weighted by atomic mass is 9.94. The number of anilines is 1. The zero-order chi connectivity index (χ0) is 24.1. The number of nitrogens with zero attached hydrogens (tertiary/aromatic N) is 2. The molecule has 1 saturated heterocycles. The predicted molar refractivity (Wildman–Crippen MR) is 138 cm³/mol. The summed E-state index contributed by atoms with van der Waals surface area (Å²) >= 11 is 1.72. The third kappa shape index (κ3) is 5.70. The van der Waals surface area contributed by atoms with Gasteiger partial charge in [0.05, 0.1) is 23.4 Å². The molecule has 1 atom stereocenters. The van der Waals surface area contributed by atoms with E-state index in [4.69, 9.17) is 9.73 Å². The van der Waals surface area contributed by atoms with Crippen LogP contribution in [0.5, 0.6) is 0 Å². The van der Waals surface area contributed by atoms with E-state index in [9.17, 15) is 9.59 Å². The summed E-state index contributed by atoms with van der Waals surface area (Å²) in [5, 5.41) is 3.96. The summed E-state index contributed by atoms with van der Waals surface area (Å²) in [5.74, 6) is 0.637. The number of carbonyl (C=O) groups is 2. The molecule has 1 N–H and O–H groups in total. The lowest BCUT2D eigenvalue weighted by molar-refractivity contribution is -0.143. The maximum atomic E-state index is 13.1. The summed E-state index contributed by atoms with van der Waals surface area (Å²) in [6.45, 7) is 6.39. The number of aryl methyl sites for hydroxylation is 1. The molecule has 2 aliphatic heterocycles. The van der Waals surface area contributed by atoms with E-state index < -0.39 is 0 Å². The van der Waals surface area contributed by atoms with Gasteiger partial charge in [-0.05, 0) is 56.9 Å². The zero-order valence-corrected chi connectivity index (χ0v) is 20.7. The maximum absolute atomic E-state index is 13.1. The highest BCUT2D eigenvalue weighted by atomic mass is 32.2. The van der Waals surface area contributed by atoms with Gasteiger partial charge in [-0.1, -0.05) is 54.2 Å². The molecule has 1 amide bonds. The molecule has 0 saturated carbocycles. The minimum Gasteiger partial charge on any atom is -0.459 e. The SMILES string of the molecule is CC1=C(C(=O)OC(C)C)[C@H](c2cccc(NC(=O)CCc3ccccc3)c2)N2CCCSC2=N1. The van der Waals surface area contributed by atoms with Gasteiger partial charge in [-0.2, -0.15) is 0 Å². The molecule has 1 fully saturated rings. The predicted octanol–water partition coefficient (Wildman–Crippen LogP) is 5.33. The van der Waals surface area contributed by atoms with Crippen molar-refractivity contribution in [1.29, 1.82) is 0 Å². The molecule has 2 heterocycles. The Morgan fingerprint density at radius 3 is 2.74 bits per heavy atom. The summed E-state index contributed by atoms with van der Waals surface area (Å²) < 4.78 is 5.59. The number of rotatable bonds is 7. The van der Waals surface area contributed by atoms with E-state index in [-0.39, 0.29) is 24.0 Å². The normalized spacial score (nSPS) is 17.8. The van der Waals surface area contributed by atoms with Crippen molar-refractivity contribution in [2.24, 2.45) is 4.99 Å². The van der Waals surface area contributed by atoms with Crippen LogP contribution in [-0.4, -0.2) is 40.3 Å². The first-order valence-corrected chi connectivity index (χ1v) is 12.7. The monoisotopic (exact) mass is 477 g/mol. The van der Waals surface area contributed by atoms with Gasteiger partial charge >= 0.3 is 5.97 Å². The molecule has 0 spiro atoms. The molecule has 0 aliphatic carbocycles. The number of ether oxygens (including phenoxy) is 1. The zero-order valence-electron chi connectivity index (χ0n) is 19.9. The number of fused-ring (bicyclic) bond motifs is 1. The Hall–Kier alpha value is -3.06. The Kier molecular flexibility index (Phi) is 7.73. The van der Waals surface area contributed by atoms with Gasteiger partial charge in [0.25, 0.3) is 0 Å². The summed E-state index contributed by atoms with van der Waals surface area (Å²) in [6.07, 6.45) is 1.89. The van der Waals surface area contributed by atoms with Crippen LogP contribution in [0.1, 0.15) is 50.8 Å². The second kappa shape index (κ2) is 10.9. The van der Waals surface area contributed by atoms with E-state index in [0.717, 1.165) is 40.7 Å². The number of allylic oxidation sites excluding steroid dienone is 1. The molecule has 178 valence electrons. The van der Waals surface area contributed by atoms with Gasteiger partial charge < -0.3 is 15.0 Å². The van der Waals surface area contributed by atoms with Crippen molar-refractivity contribution in [3.05, 3.63) is 77.0 Å². The van der Waals surface area contributed by atoms with Crippen molar-refractivity contribution in [2.45, 2.75) is 52.2 Å². The lowest BCUT2D eigenvalue weighted by Crippen LogP contribution is -2.42. The second-order valence-corrected chi connectivity index (χ2v) is 9.87. The molecule has 2 aromatic carbocycles. The van der Waals surface area contributed by atoms with Crippen molar-refractivity contribution in [1.82, 2.24) is 4.90 Å². The average Bonchev–Trinajstić information content (AvgIpc) is 2.82. The molecule has 7 heteroatoms. The third-order valence-electron chi connectivity index (χ3n) is 5.79. The van der Waals surface area contributed by atoms with Crippen molar-refractivity contribution in [3.8, 4) is 0 Å².